The van der Waals surface area contributed by atoms with Crippen molar-refractivity contribution in [1.82, 2.24) is 10.6 Å². The number of halogens is 1. The van der Waals surface area contributed by atoms with Gasteiger partial charge in [-0.3, -0.25) is 9.52 Å². The van der Waals surface area contributed by atoms with Gasteiger partial charge in [0.2, 0.25) is 10.0 Å². The highest BCUT2D eigenvalue weighted by Gasteiger charge is 2.19. The van der Waals surface area contributed by atoms with Crippen LogP contribution in [0.5, 0.6) is 0 Å². The predicted octanol–water partition coefficient (Wildman–Crippen LogP) is 1.27. The number of amides is 1. The first-order valence-corrected chi connectivity index (χ1v) is 8.84. The number of carbonyl (C=O) groups is 1. The van der Waals surface area contributed by atoms with E-state index in [1.807, 2.05) is 6.92 Å². The van der Waals surface area contributed by atoms with E-state index in [9.17, 15) is 13.2 Å². The molecule has 0 aromatic heterocycles. The van der Waals surface area contributed by atoms with Crippen LogP contribution in [0.25, 0.3) is 0 Å². The van der Waals surface area contributed by atoms with Gasteiger partial charge >= 0.3 is 0 Å². The number of hydrogen-bond donors (Lipinski definition) is 3. The van der Waals surface area contributed by atoms with Crippen LogP contribution in [0.2, 0.25) is 0 Å². The van der Waals surface area contributed by atoms with Gasteiger partial charge in [0, 0.05) is 6.04 Å². The second-order valence-electron chi connectivity index (χ2n) is 5.42. The maximum Gasteiger partial charge on any atom is 0.253 e. The first kappa shape index (κ1) is 18.7. The van der Waals surface area contributed by atoms with Crippen molar-refractivity contribution in [1.29, 1.82) is 0 Å². The van der Waals surface area contributed by atoms with Crippen LogP contribution in [0.15, 0.2) is 18.2 Å². The number of aryl methyl sites for hydroxylation is 1. The first-order valence-electron chi connectivity index (χ1n) is 6.95. The molecule has 1 aromatic rings. The highest BCUT2D eigenvalue weighted by atomic mass is 35.5. The summed E-state index contributed by atoms with van der Waals surface area (Å²) >= 11 is 0. The molecule has 1 aliphatic heterocycles. The Hall–Kier alpha value is -1.31. The zero-order valence-electron chi connectivity index (χ0n) is 12.7. The second kappa shape index (κ2) is 7.80. The van der Waals surface area contributed by atoms with Gasteiger partial charge in [0.05, 0.1) is 17.5 Å². The lowest BCUT2D eigenvalue weighted by Gasteiger charge is -2.24. The summed E-state index contributed by atoms with van der Waals surface area (Å²) in [7, 11) is -3.42. The largest absolute Gasteiger partial charge is 0.349 e. The summed E-state index contributed by atoms with van der Waals surface area (Å²) in [5, 5.41) is 6.21. The quantitative estimate of drug-likeness (QED) is 0.765. The van der Waals surface area contributed by atoms with E-state index in [2.05, 4.69) is 15.4 Å². The Balaban J connectivity index is 0.00000242. The molecule has 1 amide bonds. The third-order valence-corrected chi connectivity index (χ3v) is 3.98. The molecule has 3 N–H and O–H groups in total. The molecule has 0 radical (unpaired) electrons. The maximum absolute atomic E-state index is 12.4. The van der Waals surface area contributed by atoms with Crippen molar-refractivity contribution in [3.8, 4) is 0 Å². The lowest BCUT2D eigenvalue weighted by atomic mass is 10.0. The molecule has 1 aromatic carbocycles. The van der Waals surface area contributed by atoms with E-state index in [1.165, 1.54) is 0 Å². The average Bonchev–Trinajstić information content (AvgIpc) is 2.40. The van der Waals surface area contributed by atoms with E-state index in [4.69, 9.17) is 0 Å². The molecular formula is C14H22ClN3O3S. The summed E-state index contributed by atoms with van der Waals surface area (Å²) in [6.07, 6.45) is 2.83. The Morgan fingerprint density at radius 1 is 1.27 bits per heavy atom. The first-order chi connectivity index (χ1) is 9.85. The molecule has 0 spiro atoms. The summed E-state index contributed by atoms with van der Waals surface area (Å²) in [6, 6.07) is 5.22. The molecule has 1 heterocycles. The number of nitrogens with one attached hydrogen (secondary N) is 3. The molecule has 1 fully saturated rings. The van der Waals surface area contributed by atoms with Gasteiger partial charge in [-0.1, -0.05) is 11.6 Å². The van der Waals surface area contributed by atoms with Gasteiger partial charge in [0.15, 0.2) is 0 Å². The normalized spacial score (nSPS) is 15.7. The SMILES string of the molecule is Cc1ccc(NS(C)(=O)=O)c(C(=O)NC2CCNCC2)c1.Cl. The molecule has 1 saturated heterocycles. The number of rotatable bonds is 4. The molecule has 0 unspecified atom stereocenters. The number of hydrogen-bond acceptors (Lipinski definition) is 4. The zero-order valence-corrected chi connectivity index (χ0v) is 14.3. The molecule has 0 aliphatic carbocycles. The third kappa shape index (κ3) is 5.47. The van der Waals surface area contributed by atoms with Gasteiger partial charge in [-0.2, -0.15) is 0 Å². The van der Waals surface area contributed by atoms with Crippen LogP contribution in [-0.2, 0) is 10.0 Å². The van der Waals surface area contributed by atoms with Crippen molar-refractivity contribution in [2.75, 3.05) is 24.1 Å². The van der Waals surface area contributed by atoms with Crippen LogP contribution in [0.3, 0.4) is 0 Å². The smallest absolute Gasteiger partial charge is 0.253 e. The molecule has 0 atom stereocenters. The van der Waals surface area contributed by atoms with Gasteiger partial charge in [0.25, 0.3) is 5.91 Å². The number of piperidine rings is 1. The molecule has 1 aliphatic rings. The molecule has 2 rings (SSSR count). The predicted molar refractivity (Wildman–Crippen MR) is 90.3 cm³/mol. The van der Waals surface area contributed by atoms with Crippen molar-refractivity contribution in [2.24, 2.45) is 0 Å². The van der Waals surface area contributed by atoms with E-state index in [0.29, 0.717) is 11.3 Å². The Morgan fingerprint density at radius 2 is 1.91 bits per heavy atom. The lowest BCUT2D eigenvalue weighted by molar-refractivity contribution is 0.0930. The number of anilines is 1. The monoisotopic (exact) mass is 347 g/mol. The summed E-state index contributed by atoms with van der Waals surface area (Å²) in [6.45, 7) is 3.63. The van der Waals surface area contributed by atoms with Gasteiger partial charge in [-0.15, -0.1) is 12.4 Å². The zero-order chi connectivity index (χ0) is 15.5. The molecule has 124 valence electrons. The number of benzene rings is 1. The fraction of sp³-hybridized carbons (Fsp3) is 0.500. The van der Waals surface area contributed by atoms with E-state index in [1.54, 1.807) is 18.2 Å². The minimum Gasteiger partial charge on any atom is -0.349 e. The Morgan fingerprint density at radius 3 is 2.50 bits per heavy atom. The summed E-state index contributed by atoms with van der Waals surface area (Å²) in [5.74, 6) is -0.239. The van der Waals surface area contributed by atoms with Crippen LogP contribution in [-0.4, -0.2) is 39.7 Å². The van der Waals surface area contributed by atoms with Gasteiger partial charge in [0.1, 0.15) is 0 Å². The Kier molecular flexibility index (Phi) is 6.65. The van der Waals surface area contributed by atoms with E-state index >= 15 is 0 Å². The van der Waals surface area contributed by atoms with Crippen molar-refractivity contribution in [3.05, 3.63) is 29.3 Å². The summed E-state index contributed by atoms with van der Waals surface area (Å²) < 4.78 is 25.2. The lowest BCUT2D eigenvalue weighted by Crippen LogP contribution is -2.42. The number of carbonyl (C=O) groups excluding carboxylic acids is 1. The number of sulfonamides is 1. The minimum atomic E-state index is -3.42. The second-order valence-corrected chi connectivity index (χ2v) is 7.17. The van der Waals surface area contributed by atoms with Crippen LogP contribution in [0.4, 0.5) is 5.69 Å². The van der Waals surface area contributed by atoms with Crippen LogP contribution in [0, 0.1) is 6.92 Å². The van der Waals surface area contributed by atoms with E-state index in [0.717, 1.165) is 37.8 Å². The third-order valence-electron chi connectivity index (χ3n) is 3.39. The van der Waals surface area contributed by atoms with Crippen molar-refractivity contribution in [3.63, 3.8) is 0 Å². The van der Waals surface area contributed by atoms with Gasteiger partial charge in [-0.25, -0.2) is 8.42 Å². The minimum absolute atomic E-state index is 0. The van der Waals surface area contributed by atoms with Crippen LogP contribution in [0.1, 0.15) is 28.8 Å². The maximum atomic E-state index is 12.4. The van der Waals surface area contributed by atoms with Gasteiger partial charge in [-0.05, 0) is 45.0 Å². The van der Waals surface area contributed by atoms with Gasteiger partial charge < -0.3 is 10.6 Å². The molecule has 0 bridgehead atoms. The highest BCUT2D eigenvalue weighted by Crippen LogP contribution is 2.19. The Bertz CT molecular complexity index is 628. The van der Waals surface area contributed by atoms with Crippen molar-refractivity contribution >= 4 is 34.0 Å². The molecule has 6 nitrogen and oxygen atoms in total. The fourth-order valence-electron chi connectivity index (χ4n) is 2.36. The van der Waals surface area contributed by atoms with E-state index < -0.39 is 10.0 Å². The average molecular weight is 348 g/mol. The van der Waals surface area contributed by atoms with Crippen molar-refractivity contribution in [2.45, 2.75) is 25.8 Å². The molecule has 0 saturated carbocycles. The Labute approximate surface area is 137 Å². The molecule has 8 heteroatoms. The summed E-state index contributed by atoms with van der Waals surface area (Å²) in [5.41, 5.74) is 1.58. The van der Waals surface area contributed by atoms with Crippen LogP contribution < -0.4 is 15.4 Å². The summed E-state index contributed by atoms with van der Waals surface area (Å²) in [4.78, 5) is 12.4. The van der Waals surface area contributed by atoms with Crippen LogP contribution >= 0.6 is 12.4 Å². The molecular weight excluding hydrogens is 326 g/mol. The highest BCUT2D eigenvalue weighted by molar-refractivity contribution is 7.92. The topological polar surface area (TPSA) is 87.3 Å². The standard InChI is InChI=1S/C14H21N3O3S.ClH/c1-10-3-4-13(17-21(2,19)20)12(9-10)14(18)16-11-5-7-15-8-6-11;/h3-4,9,11,15,17H,5-8H2,1-2H3,(H,16,18);1H. The molecule has 22 heavy (non-hydrogen) atoms. The fourth-order valence-corrected chi connectivity index (χ4v) is 2.94. The van der Waals surface area contributed by atoms with Crippen molar-refractivity contribution < 1.29 is 13.2 Å². The van der Waals surface area contributed by atoms with E-state index in [-0.39, 0.29) is 24.4 Å².